The van der Waals surface area contributed by atoms with Gasteiger partial charge in [0, 0.05) is 6.04 Å². The molecule has 3 N–H and O–H groups in total. The number of amides is 1. The summed E-state index contributed by atoms with van der Waals surface area (Å²) >= 11 is 0. The summed E-state index contributed by atoms with van der Waals surface area (Å²) in [4.78, 5) is 11.6. The summed E-state index contributed by atoms with van der Waals surface area (Å²) in [6, 6.07) is 0.170. The van der Waals surface area contributed by atoms with Crippen molar-refractivity contribution in [3.8, 4) is 0 Å². The predicted octanol–water partition coefficient (Wildman–Crippen LogP) is 1.98. The van der Waals surface area contributed by atoms with Crippen LogP contribution in [0.3, 0.4) is 0 Å². The van der Waals surface area contributed by atoms with Crippen LogP contribution in [0.4, 0.5) is 0 Å². The molecule has 2 rings (SSSR count). The van der Waals surface area contributed by atoms with Crippen LogP contribution in [0.25, 0.3) is 0 Å². The number of rotatable bonds is 4. The average molecular weight is 247 g/mol. The van der Waals surface area contributed by atoms with Crippen molar-refractivity contribution >= 4 is 18.3 Å². The van der Waals surface area contributed by atoms with E-state index in [4.69, 9.17) is 5.73 Å². The van der Waals surface area contributed by atoms with Crippen LogP contribution >= 0.6 is 12.4 Å². The maximum absolute atomic E-state index is 11.6. The molecule has 1 unspecified atom stereocenters. The largest absolute Gasteiger partial charge is 0.352 e. The van der Waals surface area contributed by atoms with E-state index in [1.165, 1.54) is 32.1 Å². The number of nitrogens with one attached hydrogen (secondary N) is 1. The molecule has 0 radical (unpaired) electrons. The van der Waals surface area contributed by atoms with E-state index in [2.05, 4.69) is 5.32 Å². The number of nitrogens with two attached hydrogens (primary N) is 1. The molecule has 0 saturated heterocycles. The standard InChI is InChI=1S/C12H22N2O.ClH/c13-11(12(15)14-10-6-7-10)8-9-4-2-1-3-5-9;/h9-11H,1-8,13H2,(H,14,15);1H. The molecule has 0 aliphatic heterocycles. The van der Waals surface area contributed by atoms with Crippen LogP contribution in [-0.2, 0) is 4.79 Å². The van der Waals surface area contributed by atoms with E-state index in [9.17, 15) is 4.79 Å². The van der Waals surface area contributed by atoms with Crippen LogP contribution in [0.2, 0.25) is 0 Å². The van der Waals surface area contributed by atoms with Gasteiger partial charge in [0.15, 0.2) is 0 Å². The lowest BCUT2D eigenvalue weighted by Crippen LogP contribution is -2.42. The van der Waals surface area contributed by atoms with E-state index in [1.54, 1.807) is 0 Å². The Kier molecular flexibility index (Phi) is 5.56. The summed E-state index contributed by atoms with van der Waals surface area (Å²) in [5.41, 5.74) is 5.91. The van der Waals surface area contributed by atoms with Gasteiger partial charge in [-0.3, -0.25) is 4.79 Å². The fraction of sp³-hybridized carbons (Fsp3) is 0.917. The van der Waals surface area contributed by atoms with Crippen LogP contribution in [0, 0.1) is 5.92 Å². The number of carbonyl (C=O) groups is 1. The zero-order valence-electron chi connectivity index (χ0n) is 9.78. The lowest BCUT2D eigenvalue weighted by Gasteiger charge is -2.24. The summed E-state index contributed by atoms with van der Waals surface area (Å²) in [5.74, 6) is 0.766. The molecular formula is C12H23ClN2O. The first kappa shape index (κ1) is 13.8. The maximum atomic E-state index is 11.6. The monoisotopic (exact) mass is 246 g/mol. The second-order valence-corrected chi connectivity index (χ2v) is 5.13. The van der Waals surface area contributed by atoms with Crippen molar-refractivity contribution in [2.24, 2.45) is 11.7 Å². The molecule has 0 aromatic carbocycles. The van der Waals surface area contributed by atoms with Gasteiger partial charge in [-0.05, 0) is 25.2 Å². The number of halogens is 1. The van der Waals surface area contributed by atoms with E-state index in [0.717, 1.165) is 19.3 Å². The third-order valence-electron chi connectivity index (χ3n) is 3.57. The Balaban J connectivity index is 0.00000128. The van der Waals surface area contributed by atoms with Gasteiger partial charge in [-0.15, -0.1) is 12.4 Å². The highest BCUT2D eigenvalue weighted by atomic mass is 35.5. The van der Waals surface area contributed by atoms with E-state index in [0.29, 0.717) is 12.0 Å². The zero-order chi connectivity index (χ0) is 10.7. The fourth-order valence-electron chi connectivity index (χ4n) is 2.42. The van der Waals surface area contributed by atoms with Gasteiger partial charge in [-0.25, -0.2) is 0 Å². The van der Waals surface area contributed by atoms with E-state index in [1.807, 2.05) is 0 Å². The topological polar surface area (TPSA) is 55.1 Å². The maximum Gasteiger partial charge on any atom is 0.237 e. The van der Waals surface area contributed by atoms with E-state index < -0.39 is 0 Å². The minimum atomic E-state index is -0.270. The normalized spacial score (nSPS) is 23.3. The van der Waals surface area contributed by atoms with E-state index in [-0.39, 0.29) is 24.4 Å². The molecule has 2 fully saturated rings. The van der Waals surface area contributed by atoms with Crippen molar-refractivity contribution in [2.75, 3.05) is 0 Å². The van der Waals surface area contributed by atoms with Gasteiger partial charge < -0.3 is 11.1 Å². The van der Waals surface area contributed by atoms with Crippen LogP contribution in [0.1, 0.15) is 51.4 Å². The zero-order valence-corrected chi connectivity index (χ0v) is 10.6. The Morgan fingerprint density at radius 1 is 1.19 bits per heavy atom. The predicted molar refractivity (Wildman–Crippen MR) is 67.6 cm³/mol. The second kappa shape index (κ2) is 6.45. The highest BCUT2D eigenvalue weighted by molar-refractivity contribution is 5.85. The molecule has 94 valence electrons. The summed E-state index contributed by atoms with van der Waals surface area (Å²) in [6.45, 7) is 0. The lowest BCUT2D eigenvalue weighted by molar-refractivity contribution is -0.122. The van der Waals surface area contributed by atoms with Crippen molar-refractivity contribution in [3.63, 3.8) is 0 Å². The molecule has 0 aromatic heterocycles. The third kappa shape index (κ3) is 4.30. The summed E-state index contributed by atoms with van der Waals surface area (Å²) in [6.07, 6.45) is 9.71. The van der Waals surface area contributed by atoms with Crippen LogP contribution < -0.4 is 11.1 Å². The molecular weight excluding hydrogens is 224 g/mol. The number of hydrogen-bond acceptors (Lipinski definition) is 2. The molecule has 4 heteroatoms. The second-order valence-electron chi connectivity index (χ2n) is 5.13. The molecule has 0 heterocycles. The first-order valence-electron chi connectivity index (χ1n) is 6.31. The highest BCUT2D eigenvalue weighted by Gasteiger charge is 2.27. The van der Waals surface area contributed by atoms with Crippen molar-refractivity contribution in [3.05, 3.63) is 0 Å². The molecule has 2 aliphatic rings. The SMILES string of the molecule is Cl.NC(CC1CCCCC1)C(=O)NC1CC1. The van der Waals surface area contributed by atoms with Gasteiger partial charge in [0.1, 0.15) is 0 Å². The van der Waals surface area contributed by atoms with Gasteiger partial charge in [-0.2, -0.15) is 0 Å². The van der Waals surface area contributed by atoms with Crippen LogP contribution in [0.15, 0.2) is 0 Å². The molecule has 1 amide bonds. The lowest BCUT2D eigenvalue weighted by atomic mass is 9.85. The van der Waals surface area contributed by atoms with Crippen LogP contribution in [0.5, 0.6) is 0 Å². The van der Waals surface area contributed by atoms with Crippen molar-refractivity contribution in [1.29, 1.82) is 0 Å². The minimum absolute atomic E-state index is 0. The van der Waals surface area contributed by atoms with Crippen LogP contribution in [-0.4, -0.2) is 18.0 Å². The van der Waals surface area contributed by atoms with Crippen molar-refractivity contribution < 1.29 is 4.79 Å². The van der Waals surface area contributed by atoms with Crippen molar-refractivity contribution in [2.45, 2.75) is 63.5 Å². The Morgan fingerprint density at radius 3 is 2.38 bits per heavy atom. The summed E-state index contributed by atoms with van der Waals surface area (Å²) < 4.78 is 0. The first-order chi connectivity index (χ1) is 7.25. The Morgan fingerprint density at radius 2 is 1.81 bits per heavy atom. The first-order valence-corrected chi connectivity index (χ1v) is 6.31. The molecule has 0 spiro atoms. The Hall–Kier alpha value is -0.280. The highest BCUT2D eigenvalue weighted by Crippen LogP contribution is 2.27. The summed E-state index contributed by atoms with van der Waals surface area (Å²) in [7, 11) is 0. The molecule has 0 aromatic rings. The fourth-order valence-corrected chi connectivity index (χ4v) is 2.42. The van der Waals surface area contributed by atoms with Gasteiger partial charge in [0.25, 0.3) is 0 Å². The van der Waals surface area contributed by atoms with Gasteiger partial charge in [-0.1, -0.05) is 32.1 Å². The number of hydrogen-bond donors (Lipinski definition) is 2. The molecule has 16 heavy (non-hydrogen) atoms. The van der Waals surface area contributed by atoms with Gasteiger partial charge >= 0.3 is 0 Å². The Bertz CT molecular complexity index is 225. The minimum Gasteiger partial charge on any atom is -0.352 e. The molecule has 3 nitrogen and oxygen atoms in total. The molecule has 2 saturated carbocycles. The summed E-state index contributed by atoms with van der Waals surface area (Å²) in [5, 5.41) is 2.98. The Labute approximate surface area is 104 Å². The van der Waals surface area contributed by atoms with Gasteiger partial charge in [0.05, 0.1) is 6.04 Å². The molecule has 1 atom stereocenters. The van der Waals surface area contributed by atoms with Crippen molar-refractivity contribution in [1.82, 2.24) is 5.32 Å². The quantitative estimate of drug-likeness (QED) is 0.797. The molecule has 2 aliphatic carbocycles. The third-order valence-corrected chi connectivity index (χ3v) is 3.57. The number of carbonyl (C=O) groups excluding carboxylic acids is 1. The smallest absolute Gasteiger partial charge is 0.237 e. The van der Waals surface area contributed by atoms with E-state index >= 15 is 0 Å². The average Bonchev–Trinajstić information content (AvgIpc) is 3.03. The van der Waals surface area contributed by atoms with Gasteiger partial charge in [0.2, 0.25) is 5.91 Å². The molecule has 0 bridgehead atoms.